The molecule has 0 saturated carbocycles. The number of likely N-dealkylation sites (tertiary alicyclic amines) is 1. The molecule has 2 heterocycles. The number of piperazine rings is 1. The van der Waals surface area contributed by atoms with Crippen molar-refractivity contribution in [3.8, 4) is 0 Å². The molecule has 0 aliphatic carbocycles. The first-order chi connectivity index (χ1) is 8.22. The molecule has 2 rings (SSSR count). The summed E-state index contributed by atoms with van der Waals surface area (Å²) in [7, 11) is 2.20. The molecule has 2 saturated heterocycles. The highest BCUT2D eigenvalue weighted by Crippen LogP contribution is 2.32. The third kappa shape index (κ3) is 2.72. The van der Waals surface area contributed by atoms with Crippen molar-refractivity contribution in [1.82, 2.24) is 14.9 Å². The van der Waals surface area contributed by atoms with Crippen LogP contribution in [0, 0.1) is 0 Å². The minimum Gasteiger partial charge on any atom is -0.313 e. The van der Waals surface area contributed by atoms with E-state index in [-0.39, 0.29) is 11.1 Å². The number of hydrogen-bond acceptors (Lipinski definition) is 4. The van der Waals surface area contributed by atoms with E-state index in [1.165, 1.54) is 25.9 Å². The molecule has 2 fully saturated rings. The number of nitrogens with zero attached hydrogens (tertiary/aromatic N) is 3. The molecule has 106 valence electrons. The maximum Gasteiger partial charge on any atom is 0.0537 e. The standard InChI is InChI=1S/C14H29N3O/c1-13(2)10-16(11-14(3,4)17(13)18)12-6-8-15(5)9-7-12/h12,18H,6-11H2,1-5H3. The molecule has 4 heteroatoms. The molecule has 2 aliphatic rings. The molecule has 2 aliphatic heterocycles. The summed E-state index contributed by atoms with van der Waals surface area (Å²) in [6, 6.07) is 0.688. The van der Waals surface area contributed by atoms with Gasteiger partial charge in [-0.15, -0.1) is 0 Å². The Kier molecular flexibility index (Phi) is 3.76. The van der Waals surface area contributed by atoms with Gasteiger partial charge in [0.2, 0.25) is 0 Å². The van der Waals surface area contributed by atoms with E-state index in [0.29, 0.717) is 6.04 Å². The zero-order valence-electron chi connectivity index (χ0n) is 12.6. The number of hydrogen-bond donors (Lipinski definition) is 1. The molecule has 0 aromatic rings. The van der Waals surface area contributed by atoms with Gasteiger partial charge in [-0.25, -0.2) is 0 Å². The summed E-state index contributed by atoms with van der Waals surface area (Å²) in [5.74, 6) is 0. The average molecular weight is 255 g/mol. The van der Waals surface area contributed by atoms with Crippen LogP contribution in [0.5, 0.6) is 0 Å². The molecule has 0 spiro atoms. The van der Waals surface area contributed by atoms with Crippen LogP contribution in [0.2, 0.25) is 0 Å². The first-order valence-electron chi connectivity index (χ1n) is 7.14. The van der Waals surface area contributed by atoms with E-state index in [1.54, 1.807) is 5.06 Å². The molecule has 0 bridgehead atoms. The van der Waals surface area contributed by atoms with Crippen LogP contribution < -0.4 is 0 Å². The zero-order chi connectivity index (χ0) is 13.6. The van der Waals surface area contributed by atoms with Gasteiger partial charge in [0.05, 0.1) is 11.1 Å². The summed E-state index contributed by atoms with van der Waals surface area (Å²) in [4.78, 5) is 5.01. The van der Waals surface area contributed by atoms with Gasteiger partial charge >= 0.3 is 0 Å². The largest absolute Gasteiger partial charge is 0.313 e. The smallest absolute Gasteiger partial charge is 0.0537 e. The molecule has 0 unspecified atom stereocenters. The Labute approximate surface area is 111 Å². The third-order valence-electron chi connectivity index (χ3n) is 4.53. The van der Waals surface area contributed by atoms with Gasteiger partial charge in [-0.05, 0) is 60.7 Å². The average Bonchev–Trinajstić information content (AvgIpc) is 2.26. The van der Waals surface area contributed by atoms with Gasteiger partial charge < -0.3 is 10.1 Å². The molecule has 0 aromatic carbocycles. The topological polar surface area (TPSA) is 30.0 Å². The fourth-order valence-electron chi connectivity index (χ4n) is 3.62. The van der Waals surface area contributed by atoms with E-state index < -0.39 is 0 Å². The molecular formula is C14H29N3O. The lowest BCUT2D eigenvalue weighted by molar-refractivity contribution is -0.258. The van der Waals surface area contributed by atoms with E-state index in [9.17, 15) is 5.21 Å². The maximum atomic E-state index is 10.3. The molecule has 0 aromatic heterocycles. The number of rotatable bonds is 1. The van der Waals surface area contributed by atoms with Gasteiger partial charge in [-0.2, -0.15) is 5.06 Å². The van der Waals surface area contributed by atoms with Gasteiger partial charge in [-0.3, -0.25) is 4.90 Å². The molecular weight excluding hydrogens is 226 g/mol. The minimum atomic E-state index is -0.162. The maximum absolute atomic E-state index is 10.3. The highest BCUT2D eigenvalue weighted by atomic mass is 16.5. The zero-order valence-corrected chi connectivity index (χ0v) is 12.6. The molecule has 1 N–H and O–H groups in total. The Morgan fingerprint density at radius 2 is 1.39 bits per heavy atom. The van der Waals surface area contributed by atoms with Crippen molar-refractivity contribution in [2.24, 2.45) is 0 Å². The molecule has 0 atom stereocenters. The van der Waals surface area contributed by atoms with Crippen molar-refractivity contribution >= 4 is 0 Å². The van der Waals surface area contributed by atoms with Gasteiger partial charge in [0.1, 0.15) is 0 Å². The predicted molar refractivity (Wildman–Crippen MR) is 73.9 cm³/mol. The summed E-state index contributed by atoms with van der Waals surface area (Å²) in [5, 5.41) is 11.9. The fraction of sp³-hybridized carbons (Fsp3) is 1.00. The Bertz CT molecular complexity index is 277. The number of piperidine rings is 1. The molecule has 0 amide bonds. The van der Waals surface area contributed by atoms with Crippen LogP contribution >= 0.6 is 0 Å². The second kappa shape index (κ2) is 4.75. The van der Waals surface area contributed by atoms with E-state index in [2.05, 4.69) is 44.5 Å². The highest BCUT2D eigenvalue weighted by Gasteiger charge is 2.45. The highest BCUT2D eigenvalue weighted by molar-refractivity contribution is 4.99. The lowest BCUT2D eigenvalue weighted by atomic mass is 9.88. The van der Waals surface area contributed by atoms with Crippen LogP contribution in [0.3, 0.4) is 0 Å². The SMILES string of the molecule is CN1CCC(N2CC(C)(C)N(O)C(C)(C)C2)CC1. The van der Waals surface area contributed by atoms with Crippen molar-refractivity contribution in [2.75, 3.05) is 33.2 Å². The first-order valence-corrected chi connectivity index (χ1v) is 7.14. The lowest BCUT2D eigenvalue weighted by Gasteiger charge is -2.55. The molecule has 18 heavy (non-hydrogen) atoms. The first kappa shape index (κ1) is 14.3. The van der Waals surface area contributed by atoms with Gasteiger partial charge in [0.15, 0.2) is 0 Å². The summed E-state index contributed by atoms with van der Waals surface area (Å²) < 4.78 is 0. The van der Waals surface area contributed by atoms with Gasteiger partial charge in [0, 0.05) is 19.1 Å². The molecule has 4 nitrogen and oxygen atoms in total. The van der Waals surface area contributed by atoms with E-state index in [1.807, 2.05) is 0 Å². The second-order valence-corrected chi connectivity index (χ2v) is 7.38. The van der Waals surface area contributed by atoms with Crippen molar-refractivity contribution in [3.63, 3.8) is 0 Å². The Morgan fingerprint density at radius 1 is 0.944 bits per heavy atom. The van der Waals surface area contributed by atoms with Crippen LogP contribution in [-0.2, 0) is 0 Å². The van der Waals surface area contributed by atoms with Crippen LogP contribution in [0.4, 0.5) is 0 Å². The Hall–Kier alpha value is -0.160. The van der Waals surface area contributed by atoms with Gasteiger partial charge in [0.25, 0.3) is 0 Å². The van der Waals surface area contributed by atoms with Crippen molar-refractivity contribution in [2.45, 2.75) is 57.7 Å². The summed E-state index contributed by atoms with van der Waals surface area (Å²) in [6.07, 6.45) is 2.52. The quantitative estimate of drug-likeness (QED) is 0.771. The van der Waals surface area contributed by atoms with E-state index >= 15 is 0 Å². The number of hydroxylamine groups is 2. The fourth-order valence-corrected chi connectivity index (χ4v) is 3.62. The summed E-state index contributed by atoms with van der Waals surface area (Å²) in [5.41, 5.74) is -0.323. The van der Waals surface area contributed by atoms with Crippen LogP contribution in [0.1, 0.15) is 40.5 Å². The summed E-state index contributed by atoms with van der Waals surface area (Å²) >= 11 is 0. The van der Waals surface area contributed by atoms with E-state index in [4.69, 9.17) is 0 Å². The van der Waals surface area contributed by atoms with Crippen LogP contribution in [0.15, 0.2) is 0 Å². The molecule has 0 radical (unpaired) electrons. The Morgan fingerprint density at radius 3 is 1.83 bits per heavy atom. The second-order valence-electron chi connectivity index (χ2n) is 7.38. The van der Waals surface area contributed by atoms with Crippen LogP contribution in [0.25, 0.3) is 0 Å². The van der Waals surface area contributed by atoms with Crippen molar-refractivity contribution < 1.29 is 5.21 Å². The lowest BCUT2D eigenvalue weighted by Crippen LogP contribution is -2.69. The summed E-state index contributed by atoms with van der Waals surface area (Å²) in [6.45, 7) is 12.9. The monoisotopic (exact) mass is 255 g/mol. The van der Waals surface area contributed by atoms with Gasteiger partial charge in [-0.1, -0.05) is 0 Å². The predicted octanol–water partition coefficient (Wildman–Crippen LogP) is 1.64. The van der Waals surface area contributed by atoms with Crippen molar-refractivity contribution in [3.05, 3.63) is 0 Å². The van der Waals surface area contributed by atoms with Crippen LogP contribution in [-0.4, -0.2) is 70.4 Å². The normalized spacial score (nSPS) is 31.7. The Balaban J connectivity index is 2.06. The minimum absolute atomic E-state index is 0.162. The van der Waals surface area contributed by atoms with E-state index in [0.717, 1.165) is 13.1 Å². The van der Waals surface area contributed by atoms with Crippen molar-refractivity contribution in [1.29, 1.82) is 0 Å². The third-order valence-corrected chi connectivity index (χ3v) is 4.53.